The summed E-state index contributed by atoms with van der Waals surface area (Å²) in [4.78, 5) is 35.2. The van der Waals surface area contributed by atoms with Crippen LogP contribution in [0.15, 0.2) is 60.8 Å². The first-order chi connectivity index (χ1) is 36.3. The molecule has 0 amide bonds. The lowest BCUT2D eigenvalue weighted by molar-refractivity contribution is -0.161. The van der Waals surface area contributed by atoms with Gasteiger partial charge in [-0.1, -0.05) is 274 Å². The number of unbranched alkanes of at least 4 members (excludes halogenated alkanes) is 36. The maximum atomic E-state index is 12.7. The Labute approximate surface area is 457 Å². The minimum Gasteiger partial charge on any atom is -0.462 e. The van der Waals surface area contributed by atoms with E-state index in [1.165, 1.54) is 199 Å². The monoisotopic (exact) mass is 1060 g/mol. The maximum Gasteiger partial charge on any atom is 0.472 e. The summed E-state index contributed by atoms with van der Waals surface area (Å²) in [5, 5.41) is 0. The number of phosphoric ester groups is 1. The molecule has 0 aliphatic carbocycles. The Morgan fingerprint density at radius 1 is 0.419 bits per heavy atom. The molecule has 0 aliphatic rings. The second kappa shape index (κ2) is 59.9. The summed E-state index contributed by atoms with van der Waals surface area (Å²) in [5.41, 5.74) is 5.39. The zero-order valence-electron chi connectivity index (χ0n) is 48.3. The minimum atomic E-state index is -4.39. The van der Waals surface area contributed by atoms with Crippen molar-refractivity contribution in [3.63, 3.8) is 0 Å². The molecule has 9 nitrogen and oxygen atoms in total. The van der Waals surface area contributed by atoms with E-state index in [0.717, 1.165) is 70.6 Å². The molecule has 0 aromatic rings. The van der Waals surface area contributed by atoms with Crippen LogP contribution in [0.2, 0.25) is 0 Å². The summed E-state index contributed by atoms with van der Waals surface area (Å²) >= 11 is 0. The van der Waals surface area contributed by atoms with Crippen LogP contribution in [-0.2, 0) is 32.7 Å². The number of phosphoric acid groups is 1. The highest BCUT2D eigenvalue weighted by atomic mass is 31.2. The smallest absolute Gasteiger partial charge is 0.462 e. The molecule has 0 saturated heterocycles. The highest BCUT2D eigenvalue weighted by Crippen LogP contribution is 2.43. The molecule has 432 valence electrons. The molecule has 0 fully saturated rings. The van der Waals surface area contributed by atoms with Crippen molar-refractivity contribution in [2.75, 3.05) is 26.4 Å². The van der Waals surface area contributed by atoms with Gasteiger partial charge in [-0.15, -0.1) is 0 Å². The van der Waals surface area contributed by atoms with Gasteiger partial charge in [0.15, 0.2) is 6.10 Å². The third-order valence-electron chi connectivity index (χ3n) is 13.6. The molecule has 74 heavy (non-hydrogen) atoms. The number of allylic oxidation sites excluding steroid dienone is 10. The molecule has 0 aromatic heterocycles. The van der Waals surface area contributed by atoms with E-state index in [1.54, 1.807) is 0 Å². The van der Waals surface area contributed by atoms with Crippen LogP contribution in [0.5, 0.6) is 0 Å². The van der Waals surface area contributed by atoms with Gasteiger partial charge in [0.1, 0.15) is 6.61 Å². The average molecular weight is 1060 g/mol. The Morgan fingerprint density at radius 3 is 1.12 bits per heavy atom. The number of hydrogen-bond acceptors (Lipinski definition) is 8. The first-order valence-electron chi connectivity index (χ1n) is 31.3. The van der Waals surface area contributed by atoms with Crippen LogP contribution in [0.4, 0.5) is 0 Å². The minimum absolute atomic E-state index is 0.0536. The molecule has 0 heterocycles. The third kappa shape index (κ3) is 59.0. The highest BCUT2D eigenvalue weighted by molar-refractivity contribution is 7.47. The van der Waals surface area contributed by atoms with Crippen LogP contribution in [0.3, 0.4) is 0 Å². The SMILES string of the molecule is CC/C=C\C/C=C\C/C=C\C/C=C\CCCCCCCCCCCCCCCCCCCCCCCCC(=O)OC(COC(=O)CCCCCCCCC/C=C\CCCCCCCCC)COP(=O)(O)OCCN. The van der Waals surface area contributed by atoms with Gasteiger partial charge in [0, 0.05) is 19.4 Å². The van der Waals surface area contributed by atoms with Gasteiger partial charge in [-0.05, 0) is 77.0 Å². The molecule has 0 spiro atoms. The Kier molecular flexibility index (Phi) is 58.1. The molecule has 2 unspecified atom stereocenters. The lowest BCUT2D eigenvalue weighted by Gasteiger charge is -2.19. The van der Waals surface area contributed by atoms with Crippen LogP contribution in [0.1, 0.15) is 303 Å². The van der Waals surface area contributed by atoms with Gasteiger partial charge >= 0.3 is 19.8 Å². The molecule has 0 aromatic carbocycles. The summed E-state index contributed by atoms with van der Waals surface area (Å²) in [7, 11) is -4.39. The lowest BCUT2D eigenvalue weighted by atomic mass is 10.0. The van der Waals surface area contributed by atoms with Gasteiger partial charge in [0.05, 0.1) is 13.2 Å². The summed E-state index contributed by atoms with van der Waals surface area (Å²) in [6, 6.07) is 0. The van der Waals surface area contributed by atoms with Crippen LogP contribution in [-0.4, -0.2) is 49.3 Å². The van der Waals surface area contributed by atoms with Crippen molar-refractivity contribution in [2.24, 2.45) is 5.73 Å². The quantitative estimate of drug-likeness (QED) is 0.0264. The molecule has 0 bridgehead atoms. The van der Waals surface area contributed by atoms with Crippen molar-refractivity contribution >= 4 is 19.8 Å². The van der Waals surface area contributed by atoms with Crippen LogP contribution >= 0.6 is 7.82 Å². The third-order valence-corrected chi connectivity index (χ3v) is 14.6. The predicted octanol–water partition coefficient (Wildman–Crippen LogP) is 19.9. The van der Waals surface area contributed by atoms with Crippen molar-refractivity contribution in [3.05, 3.63) is 60.8 Å². The fraction of sp³-hybridized carbons (Fsp3) is 0.812. The molecular formula is C64H118NO8P. The molecule has 0 saturated carbocycles. The zero-order valence-corrected chi connectivity index (χ0v) is 49.2. The molecule has 0 aliphatic heterocycles. The van der Waals surface area contributed by atoms with Crippen molar-refractivity contribution in [2.45, 2.75) is 309 Å². The standard InChI is InChI=1S/C64H118NO8P/c1-3-5-7-9-11-13-15-17-19-21-23-24-25-26-27-28-29-30-31-32-33-34-35-36-37-38-39-41-43-45-47-49-51-53-55-57-64(67)73-62(61-72-74(68,69)71-59-58-65)60-70-63(66)56-54-52-50-48-46-44-42-40-22-20-18-16-14-12-10-8-6-4-2/h5,7,11,13,17,19-20,22-24,62H,3-4,6,8-10,12,14-16,18,21,25-61,65H2,1-2H3,(H,68,69)/b7-5-,13-11-,19-17-,22-20-,24-23-. The number of carbonyl (C=O) groups excluding carboxylic acids is 2. The number of rotatable bonds is 59. The Balaban J connectivity index is 3.84. The average Bonchev–Trinajstić information content (AvgIpc) is 3.39. The van der Waals surface area contributed by atoms with E-state index in [-0.39, 0.29) is 38.6 Å². The lowest BCUT2D eigenvalue weighted by Crippen LogP contribution is -2.29. The largest absolute Gasteiger partial charge is 0.472 e. The topological polar surface area (TPSA) is 134 Å². The van der Waals surface area contributed by atoms with E-state index in [4.69, 9.17) is 24.3 Å². The van der Waals surface area contributed by atoms with Gasteiger partial charge in [-0.3, -0.25) is 18.6 Å². The molecule has 0 radical (unpaired) electrons. The molecule has 0 rings (SSSR count). The van der Waals surface area contributed by atoms with E-state index in [9.17, 15) is 19.0 Å². The molecule has 3 N–H and O–H groups in total. The van der Waals surface area contributed by atoms with Crippen molar-refractivity contribution in [1.29, 1.82) is 0 Å². The first kappa shape index (κ1) is 71.7. The maximum absolute atomic E-state index is 12.7. The van der Waals surface area contributed by atoms with Crippen molar-refractivity contribution in [1.82, 2.24) is 0 Å². The summed E-state index contributed by atoms with van der Waals surface area (Å²) in [6.45, 7) is 3.67. The molecule has 10 heteroatoms. The van der Waals surface area contributed by atoms with Gasteiger partial charge in [-0.2, -0.15) is 0 Å². The van der Waals surface area contributed by atoms with E-state index >= 15 is 0 Å². The Bertz CT molecular complexity index is 1390. The molecule has 2 atom stereocenters. The van der Waals surface area contributed by atoms with Crippen molar-refractivity contribution < 1.29 is 37.6 Å². The molecular weight excluding hydrogens is 942 g/mol. The van der Waals surface area contributed by atoms with Crippen LogP contribution in [0.25, 0.3) is 0 Å². The second-order valence-corrected chi connectivity index (χ2v) is 22.3. The number of nitrogens with two attached hydrogens (primary N) is 1. The normalized spacial score (nSPS) is 13.4. The Hall–Kier alpha value is -2.29. The van der Waals surface area contributed by atoms with Crippen LogP contribution < -0.4 is 5.73 Å². The van der Waals surface area contributed by atoms with E-state index < -0.39 is 26.5 Å². The van der Waals surface area contributed by atoms with Gasteiger partial charge in [0.2, 0.25) is 0 Å². The van der Waals surface area contributed by atoms with E-state index in [2.05, 4.69) is 74.6 Å². The van der Waals surface area contributed by atoms with E-state index in [0.29, 0.717) is 6.42 Å². The number of carbonyl (C=O) groups is 2. The first-order valence-corrected chi connectivity index (χ1v) is 32.8. The number of esters is 2. The number of hydrogen-bond donors (Lipinski definition) is 2. The number of ether oxygens (including phenoxy) is 2. The Morgan fingerprint density at radius 2 is 0.743 bits per heavy atom. The van der Waals surface area contributed by atoms with Gasteiger partial charge in [-0.25, -0.2) is 4.57 Å². The summed E-state index contributed by atoms with van der Waals surface area (Å²) in [5.74, 6) is -0.819. The second-order valence-electron chi connectivity index (χ2n) is 20.9. The van der Waals surface area contributed by atoms with Crippen molar-refractivity contribution in [3.8, 4) is 0 Å². The van der Waals surface area contributed by atoms with Crippen LogP contribution in [0, 0.1) is 0 Å². The fourth-order valence-corrected chi connectivity index (χ4v) is 9.80. The zero-order chi connectivity index (χ0) is 53.8. The predicted molar refractivity (Wildman–Crippen MR) is 316 cm³/mol. The fourth-order valence-electron chi connectivity index (χ4n) is 9.04. The summed E-state index contributed by atoms with van der Waals surface area (Å²) < 4.78 is 33.1. The van der Waals surface area contributed by atoms with Gasteiger partial charge in [0.25, 0.3) is 0 Å². The van der Waals surface area contributed by atoms with E-state index in [1.807, 2.05) is 0 Å². The summed E-state index contributed by atoms with van der Waals surface area (Å²) in [6.07, 6.45) is 75.9. The highest BCUT2D eigenvalue weighted by Gasteiger charge is 2.26. The van der Waals surface area contributed by atoms with Gasteiger partial charge < -0.3 is 20.1 Å².